The molecule has 3 aromatic rings. The number of primary sulfonamides is 1. The molecule has 1 heterocycles. The highest BCUT2D eigenvalue weighted by Gasteiger charge is 2.24. The molecule has 27 heavy (non-hydrogen) atoms. The van der Waals surface area contributed by atoms with Crippen LogP contribution in [0, 0.1) is 12.7 Å². The summed E-state index contributed by atoms with van der Waals surface area (Å²) in [6.07, 6.45) is 2.94. The third kappa shape index (κ3) is 3.88. The second-order valence-electron chi connectivity index (χ2n) is 6.03. The first-order chi connectivity index (χ1) is 12.7. The van der Waals surface area contributed by atoms with Crippen molar-refractivity contribution in [3.05, 3.63) is 71.8 Å². The van der Waals surface area contributed by atoms with E-state index in [1.807, 2.05) is 0 Å². The standard InChI is InChI=1S/C18H16FN3O4S/c1-11-2-3-13(8-16(11)19)14-9-21-22(10-14)17(18(23)24)12-4-6-15(7-5-12)27(20,25)26/h2-10,17H,1H3,(H,23,24)(H2,20,25,26). The van der Waals surface area contributed by atoms with Crippen molar-refractivity contribution in [3.8, 4) is 11.1 Å². The van der Waals surface area contributed by atoms with Crippen molar-refractivity contribution in [1.29, 1.82) is 0 Å². The Hall–Kier alpha value is -3.04. The topological polar surface area (TPSA) is 115 Å². The molecule has 3 rings (SSSR count). The van der Waals surface area contributed by atoms with Gasteiger partial charge in [-0.2, -0.15) is 5.10 Å². The summed E-state index contributed by atoms with van der Waals surface area (Å²) in [5.74, 6) is -1.54. The maximum Gasteiger partial charge on any atom is 0.333 e. The molecule has 0 amide bonds. The molecule has 140 valence electrons. The SMILES string of the molecule is Cc1ccc(-c2cnn(C(C(=O)O)c3ccc(S(N)(=O)=O)cc3)c2)cc1F. The molecule has 0 aliphatic carbocycles. The average molecular weight is 389 g/mol. The monoisotopic (exact) mass is 389 g/mol. The Kier molecular flexibility index (Phi) is 4.81. The molecule has 3 N–H and O–H groups in total. The van der Waals surface area contributed by atoms with Crippen molar-refractivity contribution in [2.75, 3.05) is 0 Å². The molecule has 7 nitrogen and oxygen atoms in total. The van der Waals surface area contributed by atoms with Crippen LogP contribution >= 0.6 is 0 Å². The first-order valence-electron chi connectivity index (χ1n) is 7.83. The number of aryl methyl sites for hydroxylation is 1. The van der Waals surface area contributed by atoms with Gasteiger partial charge in [0.25, 0.3) is 0 Å². The summed E-state index contributed by atoms with van der Waals surface area (Å²) in [4.78, 5) is 11.6. The number of benzene rings is 2. The van der Waals surface area contributed by atoms with Crippen LogP contribution in [0.25, 0.3) is 11.1 Å². The number of aliphatic carboxylic acids is 1. The summed E-state index contributed by atoms with van der Waals surface area (Å²) < 4.78 is 37.7. The Balaban J connectivity index is 1.98. The predicted octanol–water partition coefficient (Wildman–Crippen LogP) is 2.32. The molecule has 0 aliphatic heterocycles. The maximum absolute atomic E-state index is 13.8. The third-order valence-corrected chi connectivity index (χ3v) is 5.06. The summed E-state index contributed by atoms with van der Waals surface area (Å²) >= 11 is 0. The highest BCUT2D eigenvalue weighted by atomic mass is 32.2. The molecule has 0 spiro atoms. The van der Waals surface area contributed by atoms with Crippen LogP contribution in [0.15, 0.2) is 59.8 Å². The van der Waals surface area contributed by atoms with Gasteiger partial charge in [0.05, 0.1) is 11.1 Å². The minimum absolute atomic E-state index is 0.119. The number of hydrogen-bond donors (Lipinski definition) is 2. The van der Waals surface area contributed by atoms with Gasteiger partial charge < -0.3 is 5.11 Å². The number of rotatable bonds is 5. The largest absolute Gasteiger partial charge is 0.479 e. The fourth-order valence-corrected chi connectivity index (χ4v) is 3.16. The molecule has 1 aromatic heterocycles. The normalized spacial score (nSPS) is 12.7. The Morgan fingerprint density at radius 2 is 1.85 bits per heavy atom. The zero-order chi connectivity index (χ0) is 19.8. The van der Waals surface area contributed by atoms with E-state index in [-0.39, 0.29) is 10.7 Å². The van der Waals surface area contributed by atoms with E-state index in [1.165, 1.54) is 47.4 Å². The lowest BCUT2D eigenvalue weighted by Crippen LogP contribution is -2.21. The molecular weight excluding hydrogens is 373 g/mol. The van der Waals surface area contributed by atoms with Gasteiger partial charge >= 0.3 is 5.97 Å². The molecule has 0 aliphatic rings. The van der Waals surface area contributed by atoms with Crippen LogP contribution < -0.4 is 5.14 Å². The highest BCUT2D eigenvalue weighted by molar-refractivity contribution is 7.89. The van der Waals surface area contributed by atoms with E-state index >= 15 is 0 Å². The van der Waals surface area contributed by atoms with Crippen LogP contribution in [0.1, 0.15) is 17.2 Å². The zero-order valence-corrected chi connectivity index (χ0v) is 15.0. The number of sulfonamides is 1. The lowest BCUT2D eigenvalue weighted by molar-refractivity contribution is -0.139. The van der Waals surface area contributed by atoms with Gasteiger partial charge in [-0.05, 0) is 41.8 Å². The van der Waals surface area contributed by atoms with Gasteiger partial charge in [0.1, 0.15) is 5.82 Å². The van der Waals surface area contributed by atoms with Crippen LogP contribution in [0.3, 0.4) is 0 Å². The van der Waals surface area contributed by atoms with Crippen LogP contribution in [-0.4, -0.2) is 29.3 Å². The molecule has 1 unspecified atom stereocenters. The van der Waals surface area contributed by atoms with Crippen molar-refractivity contribution in [1.82, 2.24) is 9.78 Å². The lowest BCUT2D eigenvalue weighted by Gasteiger charge is -2.13. The first-order valence-corrected chi connectivity index (χ1v) is 9.37. The Labute approximate surface area is 154 Å². The number of hydrogen-bond acceptors (Lipinski definition) is 4. The summed E-state index contributed by atoms with van der Waals surface area (Å²) in [7, 11) is -3.88. The fourth-order valence-electron chi connectivity index (χ4n) is 2.65. The molecule has 1 atom stereocenters. The quantitative estimate of drug-likeness (QED) is 0.695. The Morgan fingerprint density at radius 3 is 2.41 bits per heavy atom. The fraction of sp³-hybridized carbons (Fsp3) is 0.111. The molecule has 0 saturated heterocycles. The van der Waals surface area contributed by atoms with Crippen molar-refractivity contribution in [2.24, 2.45) is 5.14 Å². The Bertz CT molecular complexity index is 1110. The van der Waals surface area contributed by atoms with Crippen molar-refractivity contribution in [3.63, 3.8) is 0 Å². The minimum Gasteiger partial charge on any atom is -0.479 e. The van der Waals surface area contributed by atoms with Gasteiger partial charge in [0.15, 0.2) is 6.04 Å². The van der Waals surface area contributed by atoms with Gasteiger partial charge in [-0.1, -0.05) is 24.3 Å². The van der Waals surface area contributed by atoms with E-state index in [0.29, 0.717) is 22.3 Å². The predicted molar refractivity (Wildman–Crippen MR) is 95.9 cm³/mol. The second kappa shape index (κ2) is 6.93. The number of nitrogens with two attached hydrogens (primary N) is 1. The molecule has 2 aromatic carbocycles. The highest BCUT2D eigenvalue weighted by Crippen LogP contribution is 2.25. The van der Waals surface area contributed by atoms with E-state index in [4.69, 9.17) is 5.14 Å². The molecule has 0 fully saturated rings. The van der Waals surface area contributed by atoms with Gasteiger partial charge in [-0.25, -0.2) is 22.7 Å². The van der Waals surface area contributed by atoms with Crippen LogP contribution in [0.5, 0.6) is 0 Å². The molecule has 0 radical (unpaired) electrons. The number of halogens is 1. The van der Waals surface area contributed by atoms with Gasteiger partial charge in [-0.15, -0.1) is 0 Å². The van der Waals surface area contributed by atoms with Gasteiger partial charge in [-0.3, -0.25) is 4.68 Å². The third-order valence-electron chi connectivity index (χ3n) is 4.13. The zero-order valence-electron chi connectivity index (χ0n) is 14.2. The average Bonchev–Trinajstić information content (AvgIpc) is 3.06. The van der Waals surface area contributed by atoms with Crippen LogP contribution in [-0.2, 0) is 14.8 Å². The molecule has 0 bridgehead atoms. The maximum atomic E-state index is 13.8. The number of aromatic nitrogens is 2. The van der Waals surface area contributed by atoms with Crippen LogP contribution in [0.4, 0.5) is 4.39 Å². The number of carboxylic acids is 1. The minimum atomic E-state index is -3.88. The number of nitrogens with zero attached hydrogens (tertiary/aromatic N) is 2. The van der Waals surface area contributed by atoms with Gasteiger partial charge in [0.2, 0.25) is 10.0 Å². The summed E-state index contributed by atoms with van der Waals surface area (Å²) in [5.41, 5.74) is 1.95. The smallest absolute Gasteiger partial charge is 0.333 e. The summed E-state index contributed by atoms with van der Waals surface area (Å²) in [6.45, 7) is 1.65. The van der Waals surface area contributed by atoms with E-state index in [9.17, 15) is 22.7 Å². The first kappa shape index (κ1) is 18.7. The molecule has 0 saturated carbocycles. The van der Waals surface area contributed by atoms with E-state index in [2.05, 4.69) is 5.10 Å². The summed E-state index contributed by atoms with van der Waals surface area (Å²) in [6, 6.07) is 8.73. The van der Waals surface area contributed by atoms with Crippen molar-refractivity contribution >= 4 is 16.0 Å². The number of carbonyl (C=O) groups is 1. The Morgan fingerprint density at radius 1 is 1.19 bits per heavy atom. The van der Waals surface area contributed by atoms with E-state index < -0.39 is 22.0 Å². The second-order valence-corrected chi connectivity index (χ2v) is 7.59. The molecule has 9 heteroatoms. The van der Waals surface area contributed by atoms with Gasteiger partial charge in [0, 0.05) is 11.8 Å². The van der Waals surface area contributed by atoms with E-state index in [1.54, 1.807) is 19.1 Å². The van der Waals surface area contributed by atoms with E-state index in [0.717, 1.165) is 0 Å². The van der Waals surface area contributed by atoms with Crippen molar-refractivity contribution in [2.45, 2.75) is 17.9 Å². The summed E-state index contributed by atoms with van der Waals surface area (Å²) in [5, 5.41) is 18.7. The lowest BCUT2D eigenvalue weighted by atomic mass is 10.1. The van der Waals surface area contributed by atoms with Crippen molar-refractivity contribution < 1.29 is 22.7 Å². The number of carboxylic acid groups (broad SMARTS) is 1. The molecular formula is C18H16FN3O4S. The van der Waals surface area contributed by atoms with Crippen LogP contribution in [0.2, 0.25) is 0 Å².